The van der Waals surface area contributed by atoms with Crippen molar-refractivity contribution in [2.75, 3.05) is 5.75 Å². The Morgan fingerprint density at radius 1 is 1.04 bits per heavy atom. The minimum absolute atomic E-state index is 0. The average molecular weight is 404 g/mol. The number of Topliss-reactive ketones (excluding diaryl/α,β-unsaturated/α-hetero) is 1. The molecule has 0 radical (unpaired) electrons. The minimum atomic E-state index is 0. The lowest BCUT2D eigenvalue weighted by atomic mass is 10.0. The molecule has 1 heterocycles. The first-order valence-corrected chi connectivity index (χ1v) is 8.63. The van der Waals surface area contributed by atoms with Crippen LogP contribution in [0, 0.1) is 27.7 Å². The molecule has 3 rings (SSSR count). The van der Waals surface area contributed by atoms with Crippen molar-refractivity contribution in [2.45, 2.75) is 32.9 Å². The summed E-state index contributed by atoms with van der Waals surface area (Å²) in [4.78, 5) is 20.3. The number of thioether (sulfide) groups is 1. The number of aryl methyl sites for hydroxylation is 4. The Morgan fingerprint density at radius 3 is 2.50 bits per heavy atom. The largest absolute Gasteiger partial charge is 1.00 e. The number of imidazole rings is 1. The lowest BCUT2D eigenvalue weighted by Gasteiger charge is -2.05. The fourth-order valence-corrected chi connectivity index (χ4v) is 3.33. The van der Waals surface area contributed by atoms with E-state index in [1.54, 1.807) is 0 Å². The molecule has 0 saturated heterocycles. The molecule has 3 aromatic rings. The molecule has 0 unspecified atom stereocenters. The Morgan fingerprint density at radius 2 is 1.75 bits per heavy atom. The maximum absolute atomic E-state index is 12.5. The number of nitrogens with zero attached hydrogens (tertiary/aromatic N) is 1. The van der Waals surface area contributed by atoms with Crippen LogP contribution in [-0.4, -0.2) is 21.5 Å². The van der Waals surface area contributed by atoms with Gasteiger partial charge in [0.05, 0.1) is 16.8 Å². The molecule has 24 heavy (non-hydrogen) atoms. The standard InChI is InChI=1S/C19H20N2OS.BrH/c1-11-5-6-12(2)15(7-11)18(22)10-23-19-20-16-8-13(3)14(4)9-17(16)21-19;/h5-9H,10H2,1-4H3,(H,20,21);1H/p-1. The van der Waals surface area contributed by atoms with E-state index in [9.17, 15) is 4.79 Å². The molecule has 2 aromatic carbocycles. The number of hydrogen-bond donors (Lipinski definition) is 1. The highest BCUT2D eigenvalue weighted by molar-refractivity contribution is 7.99. The van der Waals surface area contributed by atoms with Gasteiger partial charge in [-0.25, -0.2) is 4.98 Å². The normalized spacial score (nSPS) is 10.7. The summed E-state index contributed by atoms with van der Waals surface area (Å²) >= 11 is 1.46. The number of fused-ring (bicyclic) bond motifs is 1. The molecule has 5 heteroatoms. The predicted octanol–water partition coefficient (Wildman–Crippen LogP) is 1.78. The summed E-state index contributed by atoms with van der Waals surface area (Å²) in [6.07, 6.45) is 0. The zero-order valence-electron chi connectivity index (χ0n) is 14.2. The maximum atomic E-state index is 12.5. The van der Waals surface area contributed by atoms with Crippen LogP contribution in [0.15, 0.2) is 35.5 Å². The SMILES string of the molecule is Cc1ccc(C)c(C(=O)CSc2nc3cc(C)c(C)cc3[nH]2)c1.[Br-]. The van der Waals surface area contributed by atoms with Crippen molar-refractivity contribution in [1.82, 2.24) is 9.97 Å². The van der Waals surface area contributed by atoms with Crippen molar-refractivity contribution in [3.05, 3.63) is 58.1 Å². The van der Waals surface area contributed by atoms with E-state index in [0.717, 1.165) is 32.9 Å². The number of carbonyl (C=O) groups excluding carboxylic acids is 1. The Balaban J connectivity index is 0.00000208. The molecule has 3 nitrogen and oxygen atoms in total. The predicted molar refractivity (Wildman–Crippen MR) is 96.5 cm³/mol. The quantitative estimate of drug-likeness (QED) is 0.533. The third kappa shape index (κ3) is 3.90. The maximum Gasteiger partial charge on any atom is 0.173 e. The van der Waals surface area contributed by atoms with Gasteiger partial charge in [-0.2, -0.15) is 0 Å². The Labute approximate surface area is 157 Å². The van der Waals surface area contributed by atoms with E-state index in [1.165, 1.54) is 22.9 Å². The molecule has 0 saturated carbocycles. The first-order chi connectivity index (χ1) is 10.9. The number of aromatic amines is 1. The summed E-state index contributed by atoms with van der Waals surface area (Å²) < 4.78 is 0. The third-order valence-electron chi connectivity index (χ3n) is 4.11. The van der Waals surface area contributed by atoms with E-state index in [2.05, 4.69) is 35.9 Å². The van der Waals surface area contributed by atoms with Gasteiger partial charge in [-0.15, -0.1) is 0 Å². The number of rotatable bonds is 4. The van der Waals surface area contributed by atoms with Crippen molar-refractivity contribution in [2.24, 2.45) is 0 Å². The molecule has 0 aliphatic heterocycles. The van der Waals surface area contributed by atoms with Crippen LogP contribution >= 0.6 is 11.8 Å². The topological polar surface area (TPSA) is 45.8 Å². The number of H-pyrrole nitrogens is 1. The first-order valence-electron chi connectivity index (χ1n) is 7.64. The van der Waals surface area contributed by atoms with Gasteiger partial charge in [0.1, 0.15) is 0 Å². The van der Waals surface area contributed by atoms with Gasteiger partial charge in [-0.1, -0.05) is 29.5 Å². The molecular formula is C19H20BrN2OS-. The van der Waals surface area contributed by atoms with E-state index < -0.39 is 0 Å². The summed E-state index contributed by atoms with van der Waals surface area (Å²) in [7, 11) is 0. The summed E-state index contributed by atoms with van der Waals surface area (Å²) in [5.74, 6) is 0.534. The molecule has 0 atom stereocenters. The molecule has 0 aliphatic rings. The summed E-state index contributed by atoms with van der Waals surface area (Å²) in [5, 5.41) is 0.795. The van der Waals surface area contributed by atoms with Crippen LogP contribution in [0.2, 0.25) is 0 Å². The minimum Gasteiger partial charge on any atom is -1.00 e. The Kier molecular flexibility index (Phi) is 5.88. The summed E-state index contributed by atoms with van der Waals surface area (Å²) in [5.41, 5.74) is 7.39. The second-order valence-corrected chi connectivity index (χ2v) is 6.99. The average Bonchev–Trinajstić information content (AvgIpc) is 2.89. The van der Waals surface area contributed by atoms with Gasteiger partial charge in [0.2, 0.25) is 0 Å². The van der Waals surface area contributed by atoms with E-state index in [1.807, 2.05) is 32.0 Å². The molecule has 126 valence electrons. The van der Waals surface area contributed by atoms with Crippen molar-refractivity contribution >= 4 is 28.6 Å². The molecule has 0 bridgehead atoms. The number of nitrogens with one attached hydrogen (secondary N) is 1. The highest BCUT2D eigenvalue weighted by Gasteiger charge is 2.12. The van der Waals surface area contributed by atoms with E-state index in [4.69, 9.17) is 0 Å². The van der Waals surface area contributed by atoms with E-state index in [-0.39, 0.29) is 22.8 Å². The van der Waals surface area contributed by atoms with Gasteiger partial charge in [0.25, 0.3) is 0 Å². The Hall–Kier alpha value is -1.59. The molecule has 1 N–H and O–H groups in total. The van der Waals surface area contributed by atoms with Crippen LogP contribution in [0.1, 0.15) is 32.6 Å². The van der Waals surface area contributed by atoms with Crippen LogP contribution < -0.4 is 17.0 Å². The monoisotopic (exact) mass is 403 g/mol. The van der Waals surface area contributed by atoms with Crippen molar-refractivity contribution in [3.8, 4) is 0 Å². The van der Waals surface area contributed by atoms with Crippen LogP contribution in [0.5, 0.6) is 0 Å². The van der Waals surface area contributed by atoms with Crippen LogP contribution in [0.4, 0.5) is 0 Å². The van der Waals surface area contributed by atoms with Crippen LogP contribution in [-0.2, 0) is 0 Å². The fourth-order valence-electron chi connectivity index (χ4n) is 2.56. The second kappa shape index (κ2) is 7.53. The molecule has 0 amide bonds. The molecule has 0 fully saturated rings. The van der Waals surface area contributed by atoms with Crippen molar-refractivity contribution in [1.29, 1.82) is 0 Å². The first kappa shape index (κ1) is 18.7. The Bertz CT molecular complexity index is 863. The molecular weight excluding hydrogens is 384 g/mol. The van der Waals surface area contributed by atoms with Gasteiger partial charge in [-0.05, 0) is 62.6 Å². The van der Waals surface area contributed by atoms with Gasteiger partial charge >= 0.3 is 0 Å². The highest BCUT2D eigenvalue weighted by atomic mass is 79.9. The number of aromatic nitrogens is 2. The van der Waals surface area contributed by atoms with Gasteiger partial charge in [0, 0.05) is 5.56 Å². The van der Waals surface area contributed by atoms with Gasteiger partial charge in [0.15, 0.2) is 10.9 Å². The summed E-state index contributed by atoms with van der Waals surface area (Å²) in [6, 6.07) is 10.2. The zero-order chi connectivity index (χ0) is 16.6. The number of benzene rings is 2. The van der Waals surface area contributed by atoms with Crippen LogP contribution in [0.3, 0.4) is 0 Å². The lowest BCUT2D eigenvalue weighted by molar-refractivity contribution is -0.0000128. The number of ketones is 1. The highest BCUT2D eigenvalue weighted by Crippen LogP contribution is 2.23. The van der Waals surface area contributed by atoms with Crippen molar-refractivity contribution in [3.63, 3.8) is 0 Å². The van der Waals surface area contributed by atoms with E-state index in [0.29, 0.717) is 5.75 Å². The fraction of sp³-hybridized carbons (Fsp3) is 0.263. The summed E-state index contributed by atoms with van der Waals surface area (Å²) in [6.45, 7) is 8.16. The van der Waals surface area contributed by atoms with E-state index >= 15 is 0 Å². The lowest BCUT2D eigenvalue weighted by Crippen LogP contribution is -3.00. The van der Waals surface area contributed by atoms with Gasteiger partial charge in [-0.3, -0.25) is 4.79 Å². The van der Waals surface area contributed by atoms with Gasteiger partial charge < -0.3 is 22.0 Å². The third-order valence-corrected chi connectivity index (χ3v) is 4.98. The van der Waals surface area contributed by atoms with Crippen molar-refractivity contribution < 1.29 is 21.8 Å². The molecule has 1 aromatic heterocycles. The smallest absolute Gasteiger partial charge is 0.173 e. The zero-order valence-corrected chi connectivity index (χ0v) is 16.6. The van der Waals surface area contributed by atoms with Crippen LogP contribution in [0.25, 0.3) is 11.0 Å². The number of hydrogen-bond acceptors (Lipinski definition) is 3. The number of carbonyl (C=O) groups is 1. The second-order valence-electron chi connectivity index (χ2n) is 6.03. The molecule has 0 aliphatic carbocycles. The molecule has 0 spiro atoms. The number of halogens is 1.